The van der Waals surface area contributed by atoms with Gasteiger partial charge in [0.05, 0.1) is 0 Å². The molecule has 0 aliphatic heterocycles. The number of fused-ring (bicyclic) bond motifs is 1. The van der Waals surface area contributed by atoms with Crippen LogP contribution in [0.2, 0.25) is 0 Å². The van der Waals surface area contributed by atoms with Crippen LogP contribution in [0.5, 0.6) is 0 Å². The number of anilines is 3. The van der Waals surface area contributed by atoms with Crippen molar-refractivity contribution in [3.05, 3.63) is 59.7 Å². The number of nitrogen functional groups attached to an aromatic ring is 1. The molecule has 0 amide bonds. The summed E-state index contributed by atoms with van der Waals surface area (Å²) in [5.41, 5.74) is 9.99. The van der Waals surface area contributed by atoms with Gasteiger partial charge < -0.3 is 11.1 Å². The zero-order chi connectivity index (χ0) is 15.0. The highest BCUT2D eigenvalue weighted by molar-refractivity contribution is 6.01. The SMILES string of the molecule is Cc1cc2c(Nc3ccc(F)c(C)c3)ccc(N)c2cn1. The Labute approximate surface area is 122 Å². The number of nitrogens with zero attached hydrogens (tertiary/aromatic N) is 1. The summed E-state index contributed by atoms with van der Waals surface area (Å²) in [7, 11) is 0. The van der Waals surface area contributed by atoms with Crippen molar-refractivity contribution in [2.24, 2.45) is 0 Å². The fraction of sp³-hybridized carbons (Fsp3) is 0.118. The zero-order valence-electron chi connectivity index (χ0n) is 11.9. The first kappa shape index (κ1) is 13.4. The van der Waals surface area contributed by atoms with Gasteiger partial charge in [0.1, 0.15) is 5.82 Å². The van der Waals surface area contributed by atoms with Crippen molar-refractivity contribution in [2.75, 3.05) is 11.1 Å². The van der Waals surface area contributed by atoms with Crippen LogP contribution in [0.3, 0.4) is 0 Å². The van der Waals surface area contributed by atoms with Crippen molar-refractivity contribution in [3.8, 4) is 0 Å². The van der Waals surface area contributed by atoms with E-state index in [0.717, 1.165) is 27.8 Å². The average Bonchev–Trinajstić information content (AvgIpc) is 2.46. The highest BCUT2D eigenvalue weighted by Gasteiger charge is 2.06. The number of hydrogen-bond donors (Lipinski definition) is 2. The number of pyridine rings is 1. The summed E-state index contributed by atoms with van der Waals surface area (Å²) in [6, 6.07) is 10.7. The minimum Gasteiger partial charge on any atom is -0.398 e. The van der Waals surface area contributed by atoms with E-state index >= 15 is 0 Å². The van der Waals surface area contributed by atoms with Gasteiger partial charge in [0, 0.05) is 39.7 Å². The van der Waals surface area contributed by atoms with Crippen LogP contribution in [-0.4, -0.2) is 4.98 Å². The molecule has 0 aliphatic carbocycles. The summed E-state index contributed by atoms with van der Waals surface area (Å²) in [6.07, 6.45) is 1.78. The highest BCUT2D eigenvalue weighted by Crippen LogP contribution is 2.30. The summed E-state index contributed by atoms with van der Waals surface area (Å²) in [5, 5.41) is 5.23. The van der Waals surface area contributed by atoms with Crippen molar-refractivity contribution in [1.82, 2.24) is 4.98 Å². The highest BCUT2D eigenvalue weighted by atomic mass is 19.1. The maximum Gasteiger partial charge on any atom is 0.126 e. The van der Waals surface area contributed by atoms with Gasteiger partial charge in [0.2, 0.25) is 0 Å². The number of aromatic nitrogens is 1. The molecule has 106 valence electrons. The second-order valence-corrected chi connectivity index (χ2v) is 5.16. The molecular formula is C17H16FN3. The third-order valence-electron chi connectivity index (χ3n) is 3.51. The van der Waals surface area contributed by atoms with Gasteiger partial charge in [0.25, 0.3) is 0 Å². The standard InChI is InChI=1S/C17H16FN3/c1-10-7-12(3-4-15(10)18)21-17-6-5-16(19)14-9-20-11(2)8-13(14)17/h3-9,21H,19H2,1-2H3. The van der Waals surface area contributed by atoms with Crippen LogP contribution in [0.25, 0.3) is 10.8 Å². The van der Waals surface area contributed by atoms with Gasteiger partial charge in [-0.25, -0.2) is 4.39 Å². The van der Waals surface area contributed by atoms with Crippen LogP contribution in [0.1, 0.15) is 11.3 Å². The first-order valence-electron chi connectivity index (χ1n) is 6.72. The summed E-state index contributed by atoms with van der Waals surface area (Å²) >= 11 is 0. The lowest BCUT2D eigenvalue weighted by molar-refractivity contribution is 0.619. The van der Waals surface area contributed by atoms with Crippen molar-refractivity contribution in [1.29, 1.82) is 0 Å². The molecule has 0 radical (unpaired) electrons. The number of halogens is 1. The lowest BCUT2D eigenvalue weighted by atomic mass is 10.1. The van der Waals surface area contributed by atoms with E-state index in [9.17, 15) is 4.39 Å². The molecule has 0 bridgehead atoms. The van der Waals surface area contributed by atoms with E-state index in [2.05, 4.69) is 10.3 Å². The van der Waals surface area contributed by atoms with Gasteiger partial charge in [-0.05, 0) is 55.8 Å². The maximum absolute atomic E-state index is 13.3. The molecule has 0 saturated heterocycles. The van der Waals surface area contributed by atoms with Crippen molar-refractivity contribution < 1.29 is 4.39 Å². The van der Waals surface area contributed by atoms with Crippen LogP contribution in [0.4, 0.5) is 21.5 Å². The molecule has 3 rings (SSSR count). The molecule has 0 atom stereocenters. The third-order valence-corrected chi connectivity index (χ3v) is 3.51. The number of benzene rings is 2. The average molecular weight is 281 g/mol. The minimum absolute atomic E-state index is 0.206. The van der Waals surface area contributed by atoms with Gasteiger partial charge in [-0.1, -0.05) is 0 Å². The van der Waals surface area contributed by atoms with Gasteiger partial charge in [0.15, 0.2) is 0 Å². The molecule has 0 spiro atoms. The Morgan fingerprint density at radius 2 is 1.86 bits per heavy atom. The Hall–Kier alpha value is -2.62. The van der Waals surface area contributed by atoms with Gasteiger partial charge >= 0.3 is 0 Å². The van der Waals surface area contributed by atoms with Crippen LogP contribution in [0, 0.1) is 19.7 Å². The van der Waals surface area contributed by atoms with Crippen LogP contribution >= 0.6 is 0 Å². The fourth-order valence-electron chi connectivity index (χ4n) is 2.35. The number of hydrogen-bond acceptors (Lipinski definition) is 3. The van der Waals surface area contributed by atoms with Crippen LogP contribution < -0.4 is 11.1 Å². The third kappa shape index (κ3) is 2.52. The summed E-state index contributed by atoms with van der Waals surface area (Å²) in [4.78, 5) is 4.28. The Kier molecular flexibility index (Phi) is 3.22. The Balaban J connectivity index is 2.10. The quantitative estimate of drug-likeness (QED) is 0.688. The van der Waals surface area contributed by atoms with Gasteiger partial charge in [-0.3, -0.25) is 4.98 Å². The molecule has 1 heterocycles. The lowest BCUT2D eigenvalue weighted by Crippen LogP contribution is -1.96. The van der Waals surface area contributed by atoms with E-state index in [1.165, 1.54) is 6.07 Å². The smallest absolute Gasteiger partial charge is 0.126 e. The topological polar surface area (TPSA) is 50.9 Å². The molecule has 0 saturated carbocycles. The monoisotopic (exact) mass is 281 g/mol. The van der Waals surface area contributed by atoms with E-state index in [1.807, 2.05) is 25.1 Å². The molecule has 1 aromatic heterocycles. The molecule has 3 nitrogen and oxygen atoms in total. The predicted octanol–water partition coefficient (Wildman–Crippen LogP) is 4.32. The molecule has 3 N–H and O–H groups in total. The molecule has 21 heavy (non-hydrogen) atoms. The zero-order valence-corrected chi connectivity index (χ0v) is 11.9. The van der Waals surface area contributed by atoms with Crippen molar-refractivity contribution in [2.45, 2.75) is 13.8 Å². The van der Waals surface area contributed by atoms with Gasteiger partial charge in [-0.2, -0.15) is 0 Å². The van der Waals surface area contributed by atoms with E-state index in [1.54, 1.807) is 25.3 Å². The second kappa shape index (κ2) is 5.05. The normalized spacial score (nSPS) is 10.8. The second-order valence-electron chi connectivity index (χ2n) is 5.16. The number of aryl methyl sites for hydroxylation is 2. The molecular weight excluding hydrogens is 265 g/mol. The van der Waals surface area contributed by atoms with Crippen LogP contribution in [-0.2, 0) is 0 Å². The largest absolute Gasteiger partial charge is 0.398 e. The number of nitrogens with one attached hydrogen (secondary N) is 1. The predicted molar refractivity (Wildman–Crippen MR) is 85.3 cm³/mol. The Morgan fingerprint density at radius 1 is 1.05 bits per heavy atom. The summed E-state index contributed by atoms with van der Waals surface area (Å²) in [6.45, 7) is 3.68. The molecule has 2 aromatic carbocycles. The summed E-state index contributed by atoms with van der Waals surface area (Å²) in [5.74, 6) is -0.206. The Bertz CT molecular complexity index is 828. The fourth-order valence-corrected chi connectivity index (χ4v) is 2.35. The molecule has 0 aliphatic rings. The first-order valence-corrected chi connectivity index (χ1v) is 6.72. The lowest BCUT2D eigenvalue weighted by Gasteiger charge is -2.12. The van der Waals surface area contributed by atoms with Crippen molar-refractivity contribution in [3.63, 3.8) is 0 Å². The summed E-state index contributed by atoms with van der Waals surface area (Å²) < 4.78 is 13.3. The first-order chi connectivity index (χ1) is 10.0. The molecule has 0 fully saturated rings. The number of rotatable bonds is 2. The molecule has 0 unspecified atom stereocenters. The Morgan fingerprint density at radius 3 is 2.62 bits per heavy atom. The molecule has 4 heteroatoms. The van der Waals surface area contributed by atoms with E-state index in [0.29, 0.717) is 11.3 Å². The van der Waals surface area contributed by atoms with Gasteiger partial charge in [-0.15, -0.1) is 0 Å². The minimum atomic E-state index is -0.206. The van der Waals surface area contributed by atoms with Crippen molar-refractivity contribution >= 4 is 27.8 Å². The van der Waals surface area contributed by atoms with E-state index in [4.69, 9.17) is 5.73 Å². The number of nitrogens with two attached hydrogens (primary N) is 1. The van der Waals surface area contributed by atoms with E-state index < -0.39 is 0 Å². The van der Waals surface area contributed by atoms with Crippen LogP contribution in [0.15, 0.2) is 42.6 Å². The molecule has 3 aromatic rings. The maximum atomic E-state index is 13.3. The van der Waals surface area contributed by atoms with E-state index in [-0.39, 0.29) is 5.82 Å².